The fourth-order valence-electron chi connectivity index (χ4n) is 1.50. The topological polar surface area (TPSA) is 40.5 Å². The number of hydrogen-bond acceptors (Lipinski definition) is 3. The van der Waals surface area contributed by atoms with Crippen LogP contribution in [0.5, 0.6) is 0 Å². The van der Waals surface area contributed by atoms with E-state index >= 15 is 0 Å². The monoisotopic (exact) mass is 221 g/mol. The van der Waals surface area contributed by atoms with Gasteiger partial charge in [-0.2, -0.15) is 0 Å². The SMILES string of the molecule is Cc1ccc(C(=O)CN(C)CCO)cc1C. The molecule has 16 heavy (non-hydrogen) atoms. The maximum Gasteiger partial charge on any atom is 0.176 e. The Kier molecular flexibility index (Phi) is 4.65. The molecule has 3 heteroatoms. The summed E-state index contributed by atoms with van der Waals surface area (Å²) in [6, 6.07) is 5.75. The van der Waals surface area contributed by atoms with E-state index in [2.05, 4.69) is 0 Å². The summed E-state index contributed by atoms with van der Waals surface area (Å²) in [5.41, 5.74) is 3.07. The molecule has 1 rings (SSSR count). The molecule has 0 radical (unpaired) electrons. The minimum Gasteiger partial charge on any atom is -0.395 e. The van der Waals surface area contributed by atoms with Gasteiger partial charge >= 0.3 is 0 Å². The number of nitrogens with zero attached hydrogens (tertiary/aromatic N) is 1. The van der Waals surface area contributed by atoms with Gasteiger partial charge in [-0.05, 0) is 38.1 Å². The second-order valence-corrected chi connectivity index (χ2v) is 4.18. The normalized spacial score (nSPS) is 10.8. The number of aliphatic hydroxyl groups excluding tert-OH is 1. The van der Waals surface area contributed by atoms with Crippen molar-refractivity contribution in [3.8, 4) is 0 Å². The van der Waals surface area contributed by atoms with E-state index in [4.69, 9.17) is 5.11 Å². The molecule has 0 amide bonds. The Bertz CT molecular complexity index is 374. The van der Waals surface area contributed by atoms with Crippen LogP contribution in [0.15, 0.2) is 18.2 Å². The highest BCUT2D eigenvalue weighted by molar-refractivity contribution is 5.97. The van der Waals surface area contributed by atoms with Crippen LogP contribution < -0.4 is 0 Å². The van der Waals surface area contributed by atoms with Crippen molar-refractivity contribution in [2.45, 2.75) is 13.8 Å². The van der Waals surface area contributed by atoms with Crippen LogP contribution in [0, 0.1) is 13.8 Å². The first-order chi connectivity index (χ1) is 7.54. The number of Topliss-reactive ketones (excluding diaryl/α,β-unsaturated/α-hetero) is 1. The Balaban J connectivity index is 2.69. The van der Waals surface area contributed by atoms with Crippen LogP contribution in [-0.4, -0.2) is 42.5 Å². The minimum atomic E-state index is 0.0801. The predicted octanol–water partition coefficient (Wildman–Crippen LogP) is 1.41. The molecule has 1 N–H and O–H groups in total. The number of likely N-dealkylation sites (N-methyl/N-ethyl adjacent to an activating group) is 1. The second kappa shape index (κ2) is 5.77. The van der Waals surface area contributed by atoms with Crippen molar-refractivity contribution < 1.29 is 9.90 Å². The molecule has 0 aliphatic heterocycles. The quantitative estimate of drug-likeness (QED) is 0.764. The lowest BCUT2D eigenvalue weighted by atomic mass is 10.0. The highest BCUT2D eigenvalue weighted by Crippen LogP contribution is 2.10. The lowest BCUT2D eigenvalue weighted by molar-refractivity contribution is 0.0935. The largest absolute Gasteiger partial charge is 0.395 e. The van der Waals surface area contributed by atoms with Crippen molar-refractivity contribution in [3.05, 3.63) is 34.9 Å². The van der Waals surface area contributed by atoms with E-state index in [0.717, 1.165) is 11.1 Å². The summed E-state index contributed by atoms with van der Waals surface area (Å²) in [4.78, 5) is 13.7. The van der Waals surface area contributed by atoms with Crippen molar-refractivity contribution in [2.75, 3.05) is 26.7 Å². The molecule has 1 aromatic carbocycles. The first-order valence-corrected chi connectivity index (χ1v) is 5.44. The molecule has 0 fully saturated rings. The van der Waals surface area contributed by atoms with Gasteiger partial charge in [-0.25, -0.2) is 0 Å². The Morgan fingerprint density at radius 3 is 2.56 bits per heavy atom. The maximum absolute atomic E-state index is 11.9. The predicted molar refractivity (Wildman–Crippen MR) is 64.8 cm³/mol. The van der Waals surface area contributed by atoms with Gasteiger partial charge in [0.1, 0.15) is 0 Å². The van der Waals surface area contributed by atoms with Crippen molar-refractivity contribution in [1.29, 1.82) is 0 Å². The van der Waals surface area contributed by atoms with Crippen LogP contribution in [-0.2, 0) is 0 Å². The number of rotatable bonds is 5. The Morgan fingerprint density at radius 2 is 2.00 bits per heavy atom. The zero-order valence-electron chi connectivity index (χ0n) is 10.2. The van der Waals surface area contributed by atoms with Crippen LogP contribution in [0.25, 0.3) is 0 Å². The summed E-state index contributed by atoms with van der Waals surface area (Å²) >= 11 is 0. The number of aryl methyl sites for hydroxylation is 2. The lowest BCUT2D eigenvalue weighted by Gasteiger charge is -2.14. The second-order valence-electron chi connectivity index (χ2n) is 4.18. The molecule has 1 aromatic rings. The van der Waals surface area contributed by atoms with E-state index in [0.29, 0.717) is 13.1 Å². The van der Waals surface area contributed by atoms with E-state index in [1.165, 1.54) is 5.56 Å². The molecular formula is C13H19NO2. The molecule has 0 bridgehead atoms. The van der Waals surface area contributed by atoms with Crippen LogP contribution in [0.1, 0.15) is 21.5 Å². The van der Waals surface area contributed by atoms with Crippen molar-refractivity contribution >= 4 is 5.78 Å². The van der Waals surface area contributed by atoms with Crippen LogP contribution in [0.4, 0.5) is 0 Å². The Morgan fingerprint density at radius 1 is 1.31 bits per heavy atom. The molecule has 88 valence electrons. The number of hydrogen-bond donors (Lipinski definition) is 1. The summed E-state index contributed by atoms with van der Waals surface area (Å²) in [6.07, 6.45) is 0. The van der Waals surface area contributed by atoms with Crippen molar-refractivity contribution in [3.63, 3.8) is 0 Å². The van der Waals surface area contributed by atoms with Crippen molar-refractivity contribution in [1.82, 2.24) is 4.90 Å². The Hall–Kier alpha value is -1.19. The zero-order chi connectivity index (χ0) is 12.1. The molecule has 0 unspecified atom stereocenters. The first-order valence-electron chi connectivity index (χ1n) is 5.44. The van der Waals surface area contributed by atoms with Gasteiger partial charge in [0.2, 0.25) is 0 Å². The molecule has 3 nitrogen and oxygen atoms in total. The molecule has 0 aliphatic rings. The van der Waals surface area contributed by atoms with Gasteiger partial charge < -0.3 is 5.11 Å². The summed E-state index contributed by atoms with van der Waals surface area (Å²) in [5.74, 6) is 0.0963. The molecule has 0 saturated carbocycles. The standard InChI is InChI=1S/C13H19NO2/c1-10-4-5-12(8-11(10)2)13(16)9-14(3)6-7-15/h4-5,8,15H,6-7,9H2,1-3H3. The summed E-state index contributed by atoms with van der Waals surface area (Å²) in [6.45, 7) is 4.99. The van der Waals surface area contributed by atoms with Crippen LogP contribution in [0.3, 0.4) is 0 Å². The summed E-state index contributed by atoms with van der Waals surface area (Å²) in [5, 5.41) is 8.75. The van der Waals surface area contributed by atoms with Crippen LogP contribution in [0.2, 0.25) is 0 Å². The van der Waals surface area contributed by atoms with Gasteiger partial charge in [-0.3, -0.25) is 9.69 Å². The number of benzene rings is 1. The molecule has 0 spiro atoms. The average Bonchev–Trinajstić information content (AvgIpc) is 2.22. The maximum atomic E-state index is 11.9. The first kappa shape index (κ1) is 12.9. The highest BCUT2D eigenvalue weighted by atomic mass is 16.3. The third kappa shape index (κ3) is 3.43. The van der Waals surface area contributed by atoms with Crippen molar-refractivity contribution in [2.24, 2.45) is 0 Å². The fourth-order valence-corrected chi connectivity index (χ4v) is 1.50. The number of carbonyl (C=O) groups excluding carboxylic acids is 1. The molecule has 0 heterocycles. The number of aliphatic hydroxyl groups is 1. The average molecular weight is 221 g/mol. The van der Waals surface area contributed by atoms with Gasteiger partial charge in [0.25, 0.3) is 0 Å². The highest BCUT2D eigenvalue weighted by Gasteiger charge is 2.09. The van der Waals surface area contributed by atoms with E-state index < -0.39 is 0 Å². The molecular weight excluding hydrogens is 202 g/mol. The van der Waals surface area contributed by atoms with E-state index in [-0.39, 0.29) is 12.4 Å². The van der Waals surface area contributed by atoms with E-state index in [1.807, 2.05) is 44.0 Å². The molecule has 0 saturated heterocycles. The molecule has 0 aromatic heterocycles. The van der Waals surface area contributed by atoms with E-state index in [9.17, 15) is 4.79 Å². The number of carbonyl (C=O) groups is 1. The third-order valence-corrected chi connectivity index (χ3v) is 2.72. The van der Waals surface area contributed by atoms with E-state index in [1.54, 1.807) is 0 Å². The molecule has 0 atom stereocenters. The van der Waals surface area contributed by atoms with Gasteiger partial charge in [-0.15, -0.1) is 0 Å². The van der Waals surface area contributed by atoms with Gasteiger partial charge in [0.15, 0.2) is 5.78 Å². The molecule has 0 aliphatic carbocycles. The number of ketones is 1. The lowest BCUT2D eigenvalue weighted by Crippen LogP contribution is -2.28. The van der Waals surface area contributed by atoms with Gasteiger partial charge in [-0.1, -0.05) is 12.1 Å². The van der Waals surface area contributed by atoms with Gasteiger partial charge in [0.05, 0.1) is 13.2 Å². The summed E-state index contributed by atoms with van der Waals surface area (Å²) in [7, 11) is 1.83. The Labute approximate surface area is 96.7 Å². The smallest absolute Gasteiger partial charge is 0.176 e. The third-order valence-electron chi connectivity index (χ3n) is 2.72. The van der Waals surface area contributed by atoms with Crippen LogP contribution >= 0.6 is 0 Å². The summed E-state index contributed by atoms with van der Waals surface area (Å²) < 4.78 is 0. The zero-order valence-corrected chi connectivity index (χ0v) is 10.2. The minimum absolute atomic E-state index is 0.0801. The fraction of sp³-hybridized carbons (Fsp3) is 0.462. The van der Waals surface area contributed by atoms with Gasteiger partial charge in [0, 0.05) is 12.1 Å².